The van der Waals surface area contributed by atoms with E-state index in [1.54, 1.807) is 6.08 Å². The van der Waals surface area contributed by atoms with Gasteiger partial charge in [0.05, 0.1) is 76.6 Å². The van der Waals surface area contributed by atoms with Gasteiger partial charge in [-0.2, -0.15) is 0 Å². The van der Waals surface area contributed by atoms with E-state index in [0.29, 0.717) is 12.8 Å². The second-order valence-electron chi connectivity index (χ2n) is 37.0. The molecule has 0 aromatic rings. The molecule has 0 bridgehead atoms. The standard InChI is InChI=1S/C91H163N3O40/c1-6-8-10-12-14-16-18-20-21-22-23-24-25-26-27-29-31-33-35-37-39-41-62(106)94-53(54(103)40-38-36-34-32-30-28-19-17-15-13-11-9-7-2)49-121-85-73(115)71(113)77(60(47-99)127-85)128-87-75(117)82(68(110)58(45-97)123-87)132-88-74(116)81(67(109)57(44-96)124-88)131-84-64(93-52(5)102)80(130-86-72(114)70(112)65(107)50(3)122-86)78(61(48-100)126-84)129-89-76(118)83(69(111)59(46-98)125-89)134-91(90(119)120)42-55(104)63(92-51(4)101)79(133-91)66(108)56(105)43-95/h38,40,50,53-61,63-89,95-100,103-105,107-118H,6-37,39,41-49H2,1-5H3,(H,92,101)(H,93,102)(H,94,106)(H,119,120)/b40-38+/t50?,53-,54+,55?,56+,57?,58?,59?,60?,61?,63+,64?,65+,66+,67-,68-,69-,70?,71+,72-,73?,74?,75?,76?,77+,78+,79?,80+,81-,82-,83-,84-,85+,86+,87-,88+,89-,91-/m0/s1. The van der Waals surface area contributed by atoms with Crippen LogP contribution in [0.15, 0.2) is 12.2 Å². The first-order valence-electron chi connectivity index (χ1n) is 49.0. The third kappa shape index (κ3) is 34.8. The number of aliphatic hydroxyl groups excluding tert-OH is 21. The van der Waals surface area contributed by atoms with Gasteiger partial charge in [0.2, 0.25) is 17.7 Å². The molecular weight excluding hydrogens is 1770 g/mol. The summed E-state index contributed by atoms with van der Waals surface area (Å²) in [5.41, 5.74) is 0. The van der Waals surface area contributed by atoms with E-state index in [-0.39, 0.29) is 12.3 Å². The summed E-state index contributed by atoms with van der Waals surface area (Å²) in [4.78, 5) is 53.0. The summed E-state index contributed by atoms with van der Waals surface area (Å²) in [5.74, 6) is -7.68. The number of carboxylic acids is 1. The molecule has 25 N–H and O–H groups in total. The fourth-order valence-electron chi connectivity index (χ4n) is 18.3. The van der Waals surface area contributed by atoms with Gasteiger partial charge in [0.1, 0.15) is 159 Å². The van der Waals surface area contributed by atoms with Crippen LogP contribution in [0, 0.1) is 0 Å². The predicted molar refractivity (Wildman–Crippen MR) is 470 cm³/mol. The number of aliphatic hydroxyl groups is 21. The van der Waals surface area contributed by atoms with Crippen LogP contribution in [-0.4, -0.2) is 415 Å². The first kappa shape index (κ1) is 117. The molecule has 7 heterocycles. The van der Waals surface area contributed by atoms with E-state index in [1.807, 2.05) is 6.08 Å². The molecule has 7 aliphatic heterocycles. The average molecular weight is 1940 g/mol. The second-order valence-corrected chi connectivity index (χ2v) is 37.0. The zero-order valence-electron chi connectivity index (χ0n) is 78.4. The Hall–Kier alpha value is -3.78. The van der Waals surface area contributed by atoms with Crippen LogP contribution in [0.3, 0.4) is 0 Å². The molecular formula is C91H163N3O40. The maximum absolute atomic E-state index is 13.7. The number of nitrogens with one attached hydrogen (secondary N) is 3. The maximum Gasteiger partial charge on any atom is 0.364 e. The number of rotatable bonds is 63. The average Bonchev–Trinajstić information content (AvgIpc) is 0.755. The van der Waals surface area contributed by atoms with Crippen molar-refractivity contribution in [3.05, 3.63) is 12.2 Å². The molecule has 0 aliphatic carbocycles. The van der Waals surface area contributed by atoms with E-state index in [9.17, 15) is 132 Å². The van der Waals surface area contributed by atoms with Crippen LogP contribution in [0.5, 0.6) is 0 Å². The Bertz CT molecular complexity index is 3260. The quantitative estimate of drug-likeness (QED) is 0.0231. The molecule has 7 aliphatic rings. The van der Waals surface area contributed by atoms with Crippen LogP contribution >= 0.6 is 0 Å². The normalized spacial score (nSPS) is 37.0. The number of carbonyl (C=O) groups is 4. The number of allylic oxidation sites excluding steroid dienone is 1. The minimum Gasteiger partial charge on any atom is -0.477 e. The number of amides is 3. The van der Waals surface area contributed by atoms with E-state index < -0.39 is 303 Å². The van der Waals surface area contributed by atoms with Crippen LogP contribution in [-0.2, 0) is 85.5 Å². The smallest absolute Gasteiger partial charge is 0.364 e. The van der Waals surface area contributed by atoms with Crippen molar-refractivity contribution in [2.75, 3.05) is 46.2 Å². The molecule has 0 saturated carbocycles. The molecule has 0 aromatic heterocycles. The molecule has 43 nitrogen and oxygen atoms in total. The third-order valence-corrected chi connectivity index (χ3v) is 26.3. The first-order chi connectivity index (χ1) is 64.2. The van der Waals surface area contributed by atoms with Gasteiger partial charge in [0, 0.05) is 26.7 Å². The van der Waals surface area contributed by atoms with Gasteiger partial charge in [0.15, 0.2) is 37.7 Å². The summed E-state index contributed by atoms with van der Waals surface area (Å²) in [7, 11) is 0. The molecule has 134 heavy (non-hydrogen) atoms. The number of hydrogen-bond donors (Lipinski definition) is 25. The van der Waals surface area contributed by atoms with Crippen LogP contribution in [0.4, 0.5) is 0 Å². The highest BCUT2D eigenvalue weighted by molar-refractivity contribution is 5.77. The molecule has 7 rings (SSSR count). The van der Waals surface area contributed by atoms with Crippen molar-refractivity contribution in [1.29, 1.82) is 0 Å². The Balaban J connectivity index is 1.03. The number of ether oxygens (including phenoxy) is 14. The van der Waals surface area contributed by atoms with Gasteiger partial charge >= 0.3 is 5.97 Å². The van der Waals surface area contributed by atoms with Gasteiger partial charge in [-0.15, -0.1) is 0 Å². The largest absolute Gasteiger partial charge is 0.477 e. The highest BCUT2D eigenvalue weighted by atomic mass is 16.8. The van der Waals surface area contributed by atoms with Crippen LogP contribution in [0.25, 0.3) is 0 Å². The van der Waals surface area contributed by atoms with Gasteiger partial charge in [-0.3, -0.25) is 14.4 Å². The Labute approximate surface area is 784 Å². The molecule has 0 radical (unpaired) electrons. The summed E-state index contributed by atoms with van der Waals surface area (Å²) in [6.45, 7) is 0.190. The monoisotopic (exact) mass is 1940 g/mol. The number of hydrogen-bond acceptors (Lipinski definition) is 39. The second kappa shape index (κ2) is 61.3. The summed E-state index contributed by atoms with van der Waals surface area (Å²) < 4.78 is 84.0. The van der Waals surface area contributed by atoms with E-state index in [2.05, 4.69) is 29.8 Å². The zero-order chi connectivity index (χ0) is 98.3. The minimum atomic E-state index is -3.30. The van der Waals surface area contributed by atoms with Crippen molar-refractivity contribution in [2.45, 2.75) is 492 Å². The highest BCUT2D eigenvalue weighted by Crippen LogP contribution is 2.42. The van der Waals surface area contributed by atoms with E-state index >= 15 is 0 Å². The summed E-state index contributed by atoms with van der Waals surface area (Å²) in [6, 6.07) is -4.90. The van der Waals surface area contributed by atoms with E-state index in [0.717, 1.165) is 71.6 Å². The summed E-state index contributed by atoms with van der Waals surface area (Å²) >= 11 is 0. The predicted octanol–water partition coefficient (Wildman–Crippen LogP) is -2.03. The molecule has 0 aromatic carbocycles. The topological polar surface area (TPSA) is 679 Å². The summed E-state index contributed by atoms with van der Waals surface area (Å²) in [5, 5.41) is 256. The third-order valence-electron chi connectivity index (χ3n) is 26.3. The highest BCUT2D eigenvalue weighted by Gasteiger charge is 2.63. The van der Waals surface area contributed by atoms with Crippen molar-refractivity contribution in [2.24, 2.45) is 0 Å². The lowest BCUT2D eigenvalue weighted by Gasteiger charge is -2.52. The lowest BCUT2D eigenvalue weighted by atomic mass is 9.88. The van der Waals surface area contributed by atoms with Crippen LogP contribution in [0.2, 0.25) is 0 Å². The zero-order valence-corrected chi connectivity index (χ0v) is 78.4. The Morgan fingerprint density at radius 2 is 0.776 bits per heavy atom. The van der Waals surface area contributed by atoms with Crippen molar-refractivity contribution in [1.82, 2.24) is 16.0 Å². The lowest BCUT2D eigenvalue weighted by Crippen LogP contribution is -2.72. The van der Waals surface area contributed by atoms with Crippen LogP contribution < -0.4 is 16.0 Å². The summed E-state index contributed by atoms with van der Waals surface area (Å²) in [6.07, 6.45) is -30.0. The minimum absolute atomic E-state index is 0.146. The molecule has 0 spiro atoms. The van der Waals surface area contributed by atoms with Gasteiger partial charge in [0.25, 0.3) is 5.79 Å². The van der Waals surface area contributed by atoms with Gasteiger partial charge in [-0.05, 0) is 26.2 Å². The molecule has 7 saturated heterocycles. The molecule has 7 fully saturated rings. The molecule has 43 heteroatoms. The molecule has 3 amide bonds. The van der Waals surface area contributed by atoms with Crippen molar-refractivity contribution >= 4 is 23.7 Å². The number of carbonyl (C=O) groups excluding carboxylic acids is 3. The SMILES string of the molecule is CCCCCCCCCCCCC/C=C/[C@@H](O)[C@H](CO[C@@H]1OC(CO)[C@@H](O[C@@H]2OC(CO)[C@H](O)[C@H](O[C@H]3OC(CO)[C@H](O)[C@H](O[C@@H]4OC(CO)[C@@H](O[C@@H]5OC(CO)[C@H](O)[C@H](O[C@]6(C(=O)O)CC(O)[C@@H](NC(C)=O)C([C@H](O)[C@H](O)CO)O6)C5O)[C@H](O[C@H]5OC(C)[C@@H](O)C(O)[C@@H]5O)C4NC(C)=O)C3O)C2O)[C@H](O)C1O)NC(=O)CCCCCCCCCCCCCCCCCCCCCCC. The van der Waals surface area contributed by atoms with Gasteiger partial charge < -0.3 is 195 Å². The van der Waals surface area contributed by atoms with Crippen LogP contribution in [0.1, 0.15) is 259 Å². The Morgan fingerprint density at radius 1 is 0.403 bits per heavy atom. The maximum atomic E-state index is 13.7. The molecule has 782 valence electrons. The van der Waals surface area contributed by atoms with E-state index in [1.165, 1.54) is 148 Å². The first-order valence-corrected chi connectivity index (χ1v) is 49.0. The molecule has 14 unspecified atom stereocenters. The fraction of sp³-hybridized carbons (Fsp3) is 0.934. The number of aliphatic carboxylic acids is 1. The Morgan fingerprint density at radius 3 is 1.22 bits per heavy atom. The molecule has 38 atom stereocenters. The van der Waals surface area contributed by atoms with E-state index in [4.69, 9.17) is 66.3 Å². The van der Waals surface area contributed by atoms with Crippen molar-refractivity contribution in [3.8, 4) is 0 Å². The van der Waals surface area contributed by atoms with Gasteiger partial charge in [-0.1, -0.05) is 219 Å². The number of carboxylic acid groups (broad SMARTS) is 1. The van der Waals surface area contributed by atoms with Crippen molar-refractivity contribution < 1.29 is 198 Å². The lowest BCUT2D eigenvalue weighted by molar-refractivity contribution is -0.401. The van der Waals surface area contributed by atoms with Gasteiger partial charge in [-0.25, -0.2) is 4.79 Å². The van der Waals surface area contributed by atoms with Crippen molar-refractivity contribution in [3.63, 3.8) is 0 Å². The Kier molecular flexibility index (Phi) is 53.6. The number of unbranched alkanes of at least 4 members (excludes halogenated alkanes) is 31. The fourth-order valence-corrected chi connectivity index (χ4v) is 18.3.